The summed E-state index contributed by atoms with van der Waals surface area (Å²) in [6.45, 7) is 4.23. The van der Waals surface area contributed by atoms with E-state index in [2.05, 4.69) is 15.0 Å². The molecule has 0 bridgehead atoms. The van der Waals surface area contributed by atoms with E-state index in [0.29, 0.717) is 34.5 Å². The zero-order valence-electron chi connectivity index (χ0n) is 21.7. The highest BCUT2D eigenvalue weighted by molar-refractivity contribution is 6.20. The van der Waals surface area contributed by atoms with Crippen molar-refractivity contribution in [1.82, 2.24) is 19.9 Å². The number of likely N-dealkylation sites (tertiary alicyclic amines) is 1. The third-order valence-electron chi connectivity index (χ3n) is 7.38. The average Bonchev–Trinajstić information content (AvgIpc) is 3.42. The molecule has 7 nitrogen and oxygen atoms in total. The van der Waals surface area contributed by atoms with E-state index in [1.807, 2.05) is 32.0 Å². The maximum Gasteiger partial charge on any atom is 0.254 e. The zero-order valence-corrected chi connectivity index (χ0v) is 21.7. The molecule has 1 N–H and O–H groups in total. The van der Waals surface area contributed by atoms with Crippen LogP contribution in [-0.2, 0) is 6.54 Å². The molecule has 1 aliphatic heterocycles. The van der Waals surface area contributed by atoms with Crippen molar-refractivity contribution >= 4 is 33.6 Å². The fourth-order valence-corrected chi connectivity index (χ4v) is 5.43. The van der Waals surface area contributed by atoms with E-state index in [9.17, 15) is 18.4 Å². The number of aromatic nitrogens is 2. The Morgan fingerprint density at radius 3 is 2.44 bits per heavy atom. The van der Waals surface area contributed by atoms with Gasteiger partial charge in [0.15, 0.2) is 0 Å². The highest BCUT2D eigenvalue weighted by atomic mass is 19.1. The van der Waals surface area contributed by atoms with Crippen LogP contribution in [0.1, 0.15) is 37.7 Å². The van der Waals surface area contributed by atoms with Gasteiger partial charge >= 0.3 is 0 Å². The second-order valence-corrected chi connectivity index (χ2v) is 9.95. The molecule has 0 aliphatic carbocycles. The van der Waals surface area contributed by atoms with Gasteiger partial charge in [-0.1, -0.05) is 17.3 Å². The zero-order chi connectivity index (χ0) is 27.4. The first-order valence-electron chi connectivity index (χ1n) is 12.7. The smallest absolute Gasteiger partial charge is 0.254 e. The van der Waals surface area contributed by atoms with Crippen LogP contribution in [0, 0.1) is 19.7 Å². The van der Waals surface area contributed by atoms with Gasteiger partial charge in [-0.3, -0.25) is 9.59 Å². The summed E-state index contributed by atoms with van der Waals surface area (Å²) in [5.74, 6) is -0.231. The predicted molar refractivity (Wildman–Crippen MR) is 144 cm³/mol. The van der Waals surface area contributed by atoms with Gasteiger partial charge in [0, 0.05) is 46.6 Å². The molecular weight excluding hydrogens is 502 g/mol. The highest BCUT2D eigenvalue weighted by Crippen LogP contribution is 2.38. The van der Waals surface area contributed by atoms with Gasteiger partial charge in [-0.15, -0.1) is 0 Å². The first kappa shape index (κ1) is 24.8. The minimum absolute atomic E-state index is 0.0769. The number of aryl methyl sites for hydroxylation is 2. The number of rotatable bonds is 5. The Morgan fingerprint density at radius 1 is 1.05 bits per heavy atom. The summed E-state index contributed by atoms with van der Waals surface area (Å²) in [6.07, 6.45) is -1.00. The number of nitrogens with one attached hydrogen (secondary N) is 1. The molecule has 3 aromatic carbocycles. The van der Waals surface area contributed by atoms with Crippen molar-refractivity contribution in [1.29, 1.82) is 0 Å². The molecule has 1 saturated heterocycles. The van der Waals surface area contributed by atoms with Crippen LogP contribution >= 0.6 is 0 Å². The SMILES string of the molecule is CNC(=O)c1cc(-c2c(C)noc2C)cc2c1c1cc(C(=O)N3CC(F)C3)ccc1n2Cc1ccc(F)cc1. The van der Waals surface area contributed by atoms with Gasteiger partial charge in [0.25, 0.3) is 11.8 Å². The number of hydrogen-bond acceptors (Lipinski definition) is 4. The number of benzene rings is 3. The standard InChI is InChI=1S/C30H26F2N4O3/c1-16-27(17(2)39-34-16)20-11-24(29(37)33-3)28-23-10-19(30(38)35-14-22(32)15-35)6-9-25(23)36(26(28)12-20)13-18-4-7-21(31)8-5-18/h4-12,22H,13-15H2,1-3H3,(H,33,37). The molecule has 3 heterocycles. The molecule has 0 saturated carbocycles. The quantitative estimate of drug-likeness (QED) is 0.331. The Morgan fingerprint density at radius 2 is 1.79 bits per heavy atom. The summed E-state index contributed by atoms with van der Waals surface area (Å²) in [7, 11) is 1.57. The molecule has 0 atom stereocenters. The van der Waals surface area contributed by atoms with Crippen molar-refractivity contribution in [2.75, 3.05) is 20.1 Å². The first-order chi connectivity index (χ1) is 18.7. The number of carbonyl (C=O) groups excluding carboxylic acids is 2. The Labute approximate surface area is 223 Å². The van der Waals surface area contributed by atoms with Gasteiger partial charge in [-0.2, -0.15) is 0 Å². The molecular formula is C30H26F2N4O3. The van der Waals surface area contributed by atoms with E-state index >= 15 is 0 Å². The summed E-state index contributed by atoms with van der Waals surface area (Å²) < 4.78 is 34.6. The van der Waals surface area contributed by atoms with Crippen LogP contribution in [0.25, 0.3) is 32.9 Å². The number of amides is 2. The molecule has 0 unspecified atom stereocenters. The minimum atomic E-state index is -1.00. The maximum atomic E-state index is 13.7. The molecule has 0 spiro atoms. The molecule has 1 fully saturated rings. The topological polar surface area (TPSA) is 80.4 Å². The van der Waals surface area contributed by atoms with E-state index in [4.69, 9.17) is 4.52 Å². The van der Waals surface area contributed by atoms with Gasteiger partial charge in [0.05, 0.1) is 24.3 Å². The number of halogens is 2. The number of nitrogens with zero attached hydrogens (tertiary/aromatic N) is 3. The lowest BCUT2D eigenvalue weighted by atomic mass is 9.96. The van der Waals surface area contributed by atoms with Crippen LogP contribution in [0.2, 0.25) is 0 Å². The van der Waals surface area contributed by atoms with Crippen molar-refractivity contribution in [2.24, 2.45) is 0 Å². The molecule has 9 heteroatoms. The van der Waals surface area contributed by atoms with Gasteiger partial charge in [-0.25, -0.2) is 8.78 Å². The summed E-state index contributed by atoms with van der Waals surface area (Å²) in [6, 6.07) is 15.4. The highest BCUT2D eigenvalue weighted by Gasteiger charge is 2.31. The average molecular weight is 529 g/mol. The number of fused-ring (bicyclic) bond motifs is 3. The Hall–Kier alpha value is -4.53. The van der Waals surface area contributed by atoms with Crippen LogP contribution in [0.4, 0.5) is 8.78 Å². The molecule has 5 aromatic rings. The van der Waals surface area contributed by atoms with Crippen LogP contribution in [0.5, 0.6) is 0 Å². The monoisotopic (exact) mass is 528 g/mol. The number of carbonyl (C=O) groups is 2. The van der Waals surface area contributed by atoms with Crippen molar-refractivity contribution in [3.05, 3.63) is 88.6 Å². The fourth-order valence-electron chi connectivity index (χ4n) is 5.43. The minimum Gasteiger partial charge on any atom is -0.361 e. The van der Waals surface area contributed by atoms with Crippen molar-refractivity contribution in [3.63, 3.8) is 0 Å². The first-order valence-corrected chi connectivity index (χ1v) is 12.7. The molecule has 2 aromatic heterocycles. The van der Waals surface area contributed by atoms with Gasteiger partial charge in [0.1, 0.15) is 17.7 Å². The third kappa shape index (κ3) is 4.14. The third-order valence-corrected chi connectivity index (χ3v) is 7.38. The van der Waals surface area contributed by atoms with Gasteiger partial charge in [0.2, 0.25) is 0 Å². The maximum absolute atomic E-state index is 13.7. The Kier molecular flexibility index (Phi) is 5.94. The summed E-state index contributed by atoms with van der Waals surface area (Å²) >= 11 is 0. The predicted octanol–water partition coefficient (Wildman–Crippen LogP) is 5.41. The summed E-state index contributed by atoms with van der Waals surface area (Å²) in [5.41, 5.74) is 5.57. The lowest BCUT2D eigenvalue weighted by Crippen LogP contribution is -2.51. The molecule has 0 radical (unpaired) electrons. The van der Waals surface area contributed by atoms with Crippen LogP contribution < -0.4 is 5.32 Å². The normalized spacial score (nSPS) is 13.7. The number of alkyl halides is 1. The van der Waals surface area contributed by atoms with E-state index in [1.54, 1.807) is 31.3 Å². The van der Waals surface area contributed by atoms with E-state index in [-0.39, 0.29) is 30.7 Å². The van der Waals surface area contributed by atoms with Crippen molar-refractivity contribution in [3.8, 4) is 11.1 Å². The van der Waals surface area contributed by atoms with E-state index < -0.39 is 6.17 Å². The fraction of sp³-hybridized carbons (Fsp3) is 0.233. The lowest BCUT2D eigenvalue weighted by molar-refractivity contribution is 0.0400. The molecule has 1 aliphatic rings. The molecule has 198 valence electrons. The van der Waals surface area contributed by atoms with Crippen molar-refractivity contribution < 1.29 is 22.9 Å². The van der Waals surface area contributed by atoms with E-state index in [0.717, 1.165) is 33.1 Å². The second-order valence-electron chi connectivity index (χ2n) is 9.95. The van der Waals surface area contributed by atoms with Crippen molar-refractivity contribution in [2.45, 2.75) is 26.6 Å². The van der Waals surface area contributed by atoms with Gasteiger partial charge in [-0.05, 0) is 67.4 Å². The second kappa shape index (κ2) is 9.34. The lowest BCUT2D eigenvalue weighted by Gasteiger charge is -2.34. The molecule has 6 rings (SSSR count). The van der Waals surface area contributed by atoms with Crippen LogP contribution in [0.15, 0.2) is 59.1 Å². The Bertz CT molecular complexity index is 1750. The summed E-state index contributed by atoms with van der Waals surface area (Å²) in [5, 5.41) is 8.23. The van der Waals surface area contributed by atoms with Crippen LogP contribution in [-0.4, -0.2) is 52.7 Å². The van der Waals surface area contributed by atoms with Crippen LogP contribution in [0.3, 0.4) is 0 Å². The largest absolute Gasteiger partial charge is 0.361 e. The Balaban J connectivity index is 1.64. The van der Waals surface area contributed by atoms with E-state index in [1.165, 1.54) is 17.0 Å². The summed E-state index contributed by atoms with van der Waals surface area (Å²) in [4.78, 5) is 27.8. The van der Waals surface area contributed by atoms with Gasteiger partial charge < -0.3 is 19.3 Å². The number of hydrogen-bond donors (Lipinski definition) is 1. The molecule has 2 amide bonds. The molecule has 39 heavy (non-hydrogen) atoms.